The zero-order valence-corrected chi connectivity index (χ0v) is 11.0. The van der Waals surface area contributed by atoms with Crippen molar-refractivity contribution < 1.29 is 23.4 Å². The van der Waals surface area contributed by atoms with Gasteiger partial charge in [0.1, 0.15) is 18.2 Å². The van der Waals surface area contributed by atoms with Crippen LogP contribution in [0.25, 0.3) is 0 Å². The summed E-state index contributed by atoms with van der Waals surface area (Å²) in [5.74, 6) is -0.468. The average molecular weight is 268 g/mol. The summed E-state index contributed by atoms with van der Waals surface area (Å²) in [5.41, 5.74) is 0.465. The summed E-state index contributed by atoms with van der Waals surface area (Å²) < 4.78 is 28.3. The second-order valence-corrected chi connectivity index (χ2v) is 3.83. The van der Waals surface area contributed by atoms with Gasteiger partial charge in [0, 0.05) is 5.56 Å². The minimum absolute atomic E-state index is 0.0679. The first-order chi connectivity index (χ1) is 9.08. The van der Waals surface area contributed by atoms with Gasteiger partial charge in [-0.2, -0.15) is 0 Å². The van der Waals surface area contributed by atoms with Crippen LogP contribution in [-0.2, 0) is 20.9 Å². The fourth-order valence-electron chi connectivity index (χ4n) is 1.41. The molecule has 104 valence electrons. The topological polar surface area (TPSA) is 44.8 Å². The molecule has 4 nitrogen and oxygen atoms in total. The Hall–Kier alpha value is -1.88. The molecule has 5 heteroatoms. The van der Waals surface area contributed by atoms with Crippen LogP contribution in [0.1, 0.15) is 12.5 Å². The number of hydrogen-bond acceptors (Lipinski definition) is 4. The summed E-state index contributed by atoms with van der Waals surface area (Å²) in [6, 6.07) is 4.03. The van der Waals surface area contributed by atoms with Crippen LogP contribution >= 0.6 is 0 Å². The van der Waals surface area contributed by atoms with Crippen molar-refractivity contribution in [2.45, 2.75) is 19.6 Å². The van der Waals surface area contributed by atoms with E-state index in [4.69, 9.17) is 14.2 Å². The fraction of sp³-hybridized carbons (Fsp3) is 0.357. The first kappa shape index (κ1) is 15.2. The minimum Gasteiger partial charge on any atom is -0.496 e. The third-order valence-electron chi connectivity index (χ3n) is 2.41. The van der Waals surface area contributed by atoms with Crippen LogP contribution in [0, 0.1) is 5.82 Å². The summed E-state index contributed by atoms with van der Waals surface area (Å²) >= 11 is 0. The summed E-state index contributed by atoms with van der Waals surface area (Å²) in [7, 11) is 1.47. The molecule has 0 saturated heterocycles. The van der Waals surface area contributed by atoms with Gasteiger partial charge in [-0.3, -0.25) is 0 Å². The van der Waals surface area contributed by atoms with Gasteiger partial charge in [0.2, 0.25) is 0 Å². The number of methoxy groups -OCH3 is 1. The van der Waals surface area contributed by atoms with Gasteiger partial charge in [-0.15, -0.1) is 6.58 Å². The number of carbonyl (C=O) groups is 1. The highest BCUT2D eigenvalue weighted by atomic mass is 19.1. The quantitative estimate of drug-likeness (QED) is 0.563. The van der Waals surface area contributed by atoms with Gasteiger partial charge < -0.3 is 14.2 Å². The molecule has 0 aliphatic rings. The molecular weight excluding hydrogens is 251 g/mol. The summed E-state index contributed by atoms with van der Waals surface area (Å²) in [6.45, 7) is 5.26. The van der Waals surface area contributed by atoms with E-state index in [1.165, 1.54) is 25.3 Å². The second-order valence-electron chi connectivity index (χ2n) is 3.83. The smallest absolute Gasteiger partial charge is 0.335 e. The first-order valence-electron chi connectivity index (χ1n) is 5.80. The molecule has 0 aromatic heterocycles. The van der Waals surface area contributed by atoms with E-state index in [-0.39, 0.29) is 13.2 Å². The predicted octanol–water partition coefficient (Wildman–Crippen LogP) is 2.47. The van der Waals surface area contributed by atoms with Crippen molar-refractivity contribution in [3.63, 3.8) is 0 Å². The van der Waals surface area contributed by atoms with Crippen molar-refractivity contribution in [3.8, 4) is 5.75 Å². The molecule has 1 rings (SSSR count). The van der Waals surface area contributed by atoms with Gasteiger partial charge in [-0.1, -0.05) is 6.08 Å². The van der Waals surface area contributed by atoms with Crippen LogP contribution in [0.15, 0.2) is 30.9 Å². The molecule has 0 bridgehead atoms. The number of halogens is 1. The molecule has 0 amide bonds. The Morgan fingerprint density at radius 3 is 2.89 bits per heavy atom. The lowest BCUT2D eigenvalue weighted by Gasteiger charge is -2.13. The van der Waals surface area contributed by atoms with E-state index < -0.39 is 17.9 Å². The number of benzene rings is 1. The highest BCUT2D eigenvalue weighted by Crippen LogP contribution is 2.20. The summed E-state index contributed by atoms with van der Waals surface area (Å²) in [4.78, 5) is 11.6. The van der Waals surface area contributed by atoms with E-state index in [1.807, 2.05) is 0 Å². The van der Waals surface area contributed by atoms with E-state index in [1.54, 1.807) is 13.0 Å². The zero-order chi connectivity index (χ0) is 14.3. The second kappa shape index (κ2) is 7.53. The molecule has 0 spiro atoms. The summed E-state index contributed by atoms with van der Waals surface area (Å²) in [5, 5.41) is 0. The summed E-state index contributed by atoms with van der Waals surface area (Å²) in [6.07, 6.45) is 0.844. The van der Waals surface area contributed by atoms with Crippen molar-refractivity contribution in [3.05, 3.63) is 42.2 Å². The van der Waals surface area contributed by atoms with Gasteiger partial charge in [0.15, 0.2) is 6.10 Å². The molecule has 0 aliphatic carbocycles. The van der Waals surface area contributed by atoms with Crippen LogP contribution in [0.3, 0.4) is 0 Å². The molecule has 1 unspecified atom stereocenters. The van der Waals surface area contributed by atoms with E-state index >= 15 is 0 Å². The number of carbonyl (C=O) groups excluding carboxylic acids is 1. The van der Waals surface area contributed by atoms with Crippen LogP contribution in [0.4, 0.5) is 4.39 Å². The molecule has 19 heavy (non-hydrogen) atoms. The van der Waals surface area contributed by atoms with Gasteiger partial charge in [0.25, 0.3) is 0 Å². The third-order valence-corrected chi connectivity index (χ3v) is 2.41. The number of esters is 1. The predicted molar refractivity (Wildman–Crippen MR) is 68.4 cm³/mol. The zero-order valence-electron chi connectivity index (χ0n) is 11.0. The van der Waals surface area contributed by atoms with E-state index in [0.717, 1.165) is 0 Å². The molecule has 0 radical (unpaired) electrons. The van der Waals surface area contributed by atoms with Gasteiger partial charge in [-0.25, -0.2) is 9.18 Å². The average Bonchev–Trinajstić information content (AvgIpc) is 2.42. The van der Waals surface area contributed by atoms with Crippen molar-refractivity contribution in [2.24, 2.45) is 0 Å². The lowest BCUT2D eigenvalue weighted by molar-refractivity contribution is -0.156. The SMILES string of the molecule is C=CCOC(C)C(=O)OCc1cc(F)ccc1OC. The molecule has 1 aromatic rings. The number of rotatable bonds is 7. The maximum atomic E-state index is 13.1. The monoisotopic (exact) mass is 268 g/mol. The molecule has 0 heterocycles. The van der Waals surface area contributed by atoms with Crippen LogP contribution < -0.4 is 4.74 Å². The van der Waals surface area contributed by atoms with Crippen molar-refractivity contribution >= 4 is 5.97 Å². The van der Waals surface area contributed by atoms with Crippen molar-refractivity contribution in [1.29, 1.82) is 0 Å². The van der Waals surface area contributed by atoms with Gasteiger partial charge in [0.05, 0.1) is 13.7 Å². The van der Waals surface area contributed by atoms with Crippen molar-refractivity contribution in [1.82, 2.24) is 0 Å². The van der Waals surface area contributed by atoms with Gasteiger partial charge in [-0.05, 0) is 25.1 Å². The normalized spacial score (nSPS) is 11.7. The van der Waals surface area contributed by atoms with Crippen LogP contribution in [-0.4, -0.2) is 25.8 Å². The Kier molecular flexibility index (Phi) is 6.02. The third kappa shape index (κ3) is 4.71. The Balaban J connectivity index is 2.58. The lowest BCUT2D eigenvalue weighted by atomic mass is 10.2. The Morgan fingerprint density at radius 2 is 2.26 bits per heavy atom. The minimum atomic E-state index is -0.697. The van der Waals surface area contributed by atoms with Gasteiger partial charge >= 0.3 is 5.97 Å². The highest BCUT2D eigenvalue weighted by molar-refractivity contribution is 5.74. The molecule has 0 saturated carbocycles. The van der Waals surface area contributed by atoms with Crippen molar-refractivity contribution in [2.75, 3.05) is 13.7 Å². The lowest BCUT2D eigenvalue weighted by Crippen LogP contribution is -2.23. The van der Waals surface area contributed by atoms with E-state index in [9.17, 15) is 9.18 Å². The molecule has 1 atom stereocenters. The van der Waals surface area contributed by atoms with E-state index in [2.05, 4.69) is 6.58 Å². The van der Waals surface area contributed by atoms with E-state index in [0.29, 0.717) is 11.3 Å². The highest BCUT2D eigenvalue weighted by Gasteiger charge is 2.15. The first-order valence-corrected chi connectivity index (χ1v) is 5.80. The molecular formula is C14H17FO4. The van der Waals surface area contributed by atoms with Crippen LogP contribution in [0.5, 0.6) is 5.75 Å². The number of ether oxygens (including phenoxy) is 3. The van der Waals surface area contributed by atoms with Crippen LogP contribution in [0.2, 0.25) is 0 Å². The molecule has 0 fully saturated rings. The standard InChI is InChI=1S/C14H17FO4/c1-4-7-18-10(2)14(16)19-9-11-8-12(15)5-6-13(11)17-3/h4-6,8,10H,1,7,9H2,2-3H3. The maximum absolute atomic E-state index is 13.1. The molecule has 0 aliphatic heterocycles. The Morgan fingerprint density at radius 1 is 1.53 bits per heavy atom. The Bertz CT molecular complexity index is 445. The molecule has 0 N–H and O–H groups in total. The number of hydrogen-bond donors (Lipinski definition) is 0. The maximum Gasteiger partial charge on any atom is 0.335 e. The largest absolute Gasteiger partial charge is 0.496 e. The Labute approximate surface area is 111 Å². The molecule has 1 aromatic carbocycles. The fourth-order valence-corrected chi connectivity index (χ4v) is 1.41.